The maximum Gasteiger partial charge on any atom is 0.336 e. The molecule has 0 saturated carbocycles. The van der Waals surface area contributed by atoms with E-state index < -0.39 is 5.97 Å². The van der Waals surface area contributed by atoms with Crippen molar-refractivity contribution in [2.45, 2.75) is 34.1 Å². The van der Waals surface area contributed by atoms with Crippen LogP contribution in [0, 0.1) is 13.8 Å². The highest BCUT2D eigenvalue weighted by Crippen LogP contribution is 2.20. The summed E-state index contributed by atoms with van der Waals surface area (Å²) in [6, 6.07) is 3.26. The highest BCUT2D eigenvalue weighted by atomic mass is 16.4. The largest absolute Gasteiger partial charge is 0.478 e. The molecule has 1 rings (SSSR count). The molecule has 102 valence electrons. The molecule has 0 saturated heterocycles. The fraction of sp³-hybridized carbons (Fsp3) is 0.333. The quantitative estimate of drug-likeness (QED) is 0.817. The summed E-state index contributed by atoms with van der Waals surface area (Å²) in [5.41, 5.74) is 2.90. The number of benzene rings is 1. The molecule has 0 bridgehead atoms. The Labute approximate surface area is 113 Å². The minimum atomic E-state index is -0.988. The van der Waals surface area contributed by atoms with Crippen LogP contribution in [0.5, 0.6) is 0 Å². The van der Waals surface area contributed by atoms with Crippen molar-refractivity contribution < 1.29 is 14.7 Å². The van der Waals surface area contributed by atoms with Gasteiger partial charge in [-0.2, -0.15) is 0 Å². The lowest BCUT2D eigenvalue weighted by molar-refractivity contribution is -0.112. The Hall–Kier alpha value is -2.10. The van der Waals surface area contributed by atoms with E-state index in [0.717, 1.165) is 12.0 Å². The predicted molar refractivity (Wildman–Crippen MR) is 75.6 cm³/mol. The standard InChI is InChI=1S/C15H19NO3/c1-5-6-9(2)14(17)16-12-7-10(3)11(4)13(8-12)15(18)19/h6-8H,5H2,1-4H3,(H,16,17)(H,18,19). The number of anilines is 1. The van der Waals surface area contributed by atoms with E-state index in [9.17, 15) is 9.59 Å². The van der Waals surface area contributed by atoms with E-state index in [1.165, 1.54) is 6.07 Å². The number of aryl methyl sites for hydroxylation is 1. The summed E-state index contributed by atoms with van der Waals surface area (Å²) in [6.45, 7) is 7.27. The van der Waals surface area contributed by atoms with Crippen molar-refractivity contribution in [1.82, 2.24) is 0 Å². The van der Waals surface area contributed by atoms with Crippen LogP contribution >= 0.6 is 0 Å². The summed E-state index contributed by atoms with van der Waals surface area (Å²) >= 11 is 0. The van der Waals surface area contributed by atoms with Gasteiger partial charge in [0.2, 0.25) is 0 Å². The molecule has 0 fully saturated rings. The molecule has 0 radical (unpaired) electrons. The number of amides is 1. The molecular formula is C15H19NO3. The molecule has 0 unspecified atom stereocenters. The average molecular weight is 261 g/mol. The number of hydrogen-bond donors (Lipinski definition) is 2. The van der Waals surface area contributed by atoms with Crippen LogP contribution in [0.25, 0.3) is 0 Å². The van der Waals surface area contributed by atoms with Crippen molar-refractivity contribution in [1.29, 1.82) is 0 Å². The molecule has 0 spiro atoms. The zero-order valence-electron chi connectivity index (χ0n) is 11.7. The van der Waals surface area contributed by atoms with Crippen molar-refractivity contribution in [2.75, 3.05) is 5.32 Å². The monoisotopic (exact) mass is 261 g/mol. The molecule has 1 aromatic carbocycles. The Bertz CT molecular complexity index is 545. The lowest BCUT2D eigenvalue weighted by Crippen LogP contribution is -2.14. The maximum atomic E-state index is 11.9. The zero-order chi connectivity index (χ0) is 14.6. The summed E-state index contributed by atoms with van der Waals surface area (Å²) in [5, 5.41) is 11.8. The van der Waals surface area contributed by atoms with Crippen LogP contribution in [-0.2, 0) is 4.79 Å². The van der Waals surface area contributed by atoms with Gasteiger partial charge in [-0.25, -0.2) is 4.79 Å². The number of nitrogens with one attached hydrogen (secondary N) is 1. The number of aromatic carboxylic acids is 1. The van der Waals surface area contributed by atoms with Gasteiger partial charge in [0.15, 0.2) is 0 Å². The zero-order valence-corrected chi connectivity index (χ0v) is 11.7. The summed E-state index contributed by atoms with van der Waals surface area (Å²) in [7, 11) is 0. The van der Waals surface area contributed by atoms with Gasteiger partial charge in [0.1, 0.15) is 0 Å². The number of carbonyl (C=O) groups excluding carboxylic acids is 1. The van der Waals surface area contributed by atoms with Crippen LogP contribution in [0.3, 0.4) is 0 Å². The third-order valence-corrected chi connectivity index (χ3v) is 3.02. The average Bonchev–Trinajstić information content (AvgIpc) is 2.33. The van der Waals surface area contributed by atoms with Gasteiger partial charge in [-0.15, -0.1) is 0 Å². The van der Waals surface area contributed by atoms with Crippen molar-refractivity contribution in [3.05, 3.63) is 40.5 Å². The van der Waals surface area contributed by atoms with Crippen molar-refractivity contribution in [2.24, 2.45) is 0 Å². The van der Waals surface area contributed by atoms with Gasteiger partial charge in [-0.3, -0.25) is 4.79 Å². The second-order valence-electron chi connectivity index (χ2n) is 4.52. The fourth-order valence-corrected chi connectivity index (χ4v) is 1.78. The molecule has 4 nitrogen and oxygen atoms in total. The van der Waals surface area contributed by atoms with Crippen LogP contribution in [0.15, 0.2) is 23.8 Å². The Morgan fingerprint density at radius 1 is 1.32 bits per heavy atom. The fourth-order valence-electron chi connectivity index (χ4n) is 1.78. The molecule has 0 atom stereocenters. The summed E-state index contributed by atoms with van der Waals surface area (Å²) in [4.78, 5) is 23.0. The molecule has 0 aliphatic carbocycles. The first-order valence-electron chi connectivity index (χ1n) is 6.19. The molecule has 19 heavy (non-hydrogen) atoms. The molecule has 0 heterocycles. The number of carboxylic acids is 1. The van der Waals surface area contributed by atoms with E-state index in [2.05, 4.69) is 5.32 Å². The summed E-state index contributed by atoms with van der Waals surface area (Å²) < 4.78 is 0. The predicted octanol–water partition coefficient (Wildman–Crippen LogP) is 3.30. The number of rotatable bonds is 4. The van der Waals surface area contributed by atoms with Gasteiger partial charge < -0.3 is 10.4 Å². The third-order valence-electron chi connectivity index (χ3n) is 3.02. The first-order chi connectivity index (χ1) is 8.86. The van der Waals surface area contributed by atoms with Gasteiger partial charge in [0.25, 0.3) is 5.91 Å². The van der Waals surface area contributed by atoms with E-state index >= 15 is 0 Å². The maximum absolute atomic E-state index is 11.9. The number of hydrogen-bond acceptors (Lipinski definition) is 2. The van der Waals surface area contributed by atoms with Crippen LogP contribution in [-0.4, -0.2) is 17.0 Å². The van der Waals surface area contributed by atoms with Crippen molar-refractivity contribution >= 4 is 17.6 Å². The minimum Gasteiger partial charge on any atom is -0.478 e. The smallest absolute Gasteiger partial charge is 0.336 e. The normalized spacial score (nSPS) is 11.3. The number of carboxylic acid groups (broad SMARTS) is 1. The summed E-state index contributed by atoms with van der Waals surface area (Å²) in [5.74, 6) is -1.20. The van der Waals surface area contributed by atoms with Crippen LogP contribution in [0.4, 0.5) is 5.69 Å². The first kappa shape index (κ1) is 15.0. The van der Waals surface area contributed by atoms with Crippen LogP contribution in [0.1, 0.15) is 41.8 Å². The summed E-state index contributed by atoms with van der Waals surface area (Å²) in [6.07, 6.45) is 2.61. The van der Waals surface area contributed by atoms with Gasteiger partial charge >= 0.3 is 5.97 Å². The highest BCUT2D eigenvalue weighted by molar-refractivity contribution is 6.04. The first-order valence-corrected chi connectivity index (χ1v) is 6.19. The van der Waals surface area contributed by atoms with E-state index in [0.29, 0.717) is 16.8 Å². The third kappa shape index (κ3) is 3.68. The van der Waals surface area contributed by atoms with Gasteiger partial charge in [-0.1, -0.05) is 13.0 Å². The molecular weight excluding hydrogens is 242 g/mol. The van der Waals surface area contributed by atoms with Crippen LogP contribution < -0.4 is 5.32 Å². The Kier molecular flexibility index (Phi) is 4.87. The molecule has 2 N–H and O–H groups in total. The van der Waals surface area contributed by atoms with Gasteiger partial charge in [0, 0.05) is 11.3 Å². The Balaban J connectivity index is 3.07. The Morgan fingerprint density at radius 3 is 2.47 bits per heavy atom. The number of allylic oxidation sites excluding steroid dienone is 1. The Morgan fingerprint density at radius 2 is 1.95 bits per heavy atom. The van der Waals surface area contributed by atoms with Gasteiger partial charge in [0.05, 0.1) is 5.56 Å². The molecule has 1 amide bonds. The molecule has 0 aliphatic heterocycles. The minimum absolute atomic E-state index is 0.207. The SMILES string of the molecule is CCC=C(C)C(=O)Nc1cc(C)c(C)c(C(=O)O)c1. The van der Waals surface area contributed by atoms with E-state index in [1.807, 2.05) is 19.9 Å². The van der Waals surface area contributed by atoms with Gasteiger partial charge in [-0.05, 0) is 50.5 Å². The highest BCUT2D eigenvalue weighted by Gasteiger charge is 2.12. The molecule has 4 heteroatoms. The topological polar surface area (TPSA) is 66.4 Å². The second kappa shape index (κ2) is 6.18. The number of carbonyl (C=O) groups is 2. The molecule has 0 aromatic heterocycles. The molecule has 0 aliphatic rings. The van der Waals surface area contributed by atoms with Crippen LogP contribution in [0.2, 0.25) is 0 Å². The van der Waals surface area contributed by atoms with Crippen molar-refractivity contribution in [3.8, 4) is 0 Å². The lowest BCUT2D eigenvalue weighted by Gasteiger charge is -2.11. The molecule has 1 aromatic rings. The lowest BCUT2D eigenvalue weighted by atomic mass is 10.0. The van der Waals surface area contributed by atoms with E-state index in [-0.39, 0.29) is 11.5 Å². The van der Waals surface area contributed by atoms with E-state index in [1.54, 1.807) is 19.9 Å². The van der Waals surface area contributed by atoms with Crippen molar-refractivity contribution in [3.63, 3.8) is 0 Å². The van der Waals surface area contributed by atoms with E-state index in [4.69, 9.17) is 5.11 Å². The second-order valence-corrected chi connectivity index (χ2v) is 4.52.